The van der Waals surface area contributed by atoms with E-state index in [-0.39, 0.29) is 5.41 Å². The third-order valence-corrected chi connectivity index (χ3v) is 3.95. The fourth-order valence-corrected chi connectivity index (χ4v) is 2.61. The van der Waals surface area contributed by atoms with Crippen molar-refractivity contribution in [1.82, 2.24) is 10.6 Å². The average molecular weight is 260 g/mol. The summed E-state index contributed by atoms with van der Waals surface area (Å²) in [4.78, 5) is 0. The molecule has 0 amide bonds. The molecule has 1 heterocycles. The molecule has 1 saturated heterocycles. The van der Waals surface area contributed by atoms with Crippen LogP contribution in [-0.4, -0.2) is 19.1 Å². The van der Waals surface area contributed by atoms with Crippen LogP contribution in [0.2, 0.25) is 0 Å². The largest absolute Gasteiger partial charge is 0.313 e. The molecule has 1 aliphatic rings. The van der Waals surface area contributed by atoms with E-state index in [1.807, 2.05) is 0 Å². The van der Waals surface area contributed by atoms with Crippen molar-refractivity contribution in [1.29, 1.82) is 0 Å². The molecule has 0 bridgehead atoms. The van der Waals surface area contributed by atoms with E-state index >= 15 is 0 Å². The van der Waals surface area contributed by atoms with E-state index < -0.39 is 0 Å². The molecule has 2 heteroatoms. The quantitative estimate of drug-likeness (QED) is 0.868. The van der Waals surface area contributed by atoms with Crippen LogP contribution in [0.4, 0.5) is 0 Å². The monoisotopic (exact) mass is 260 g/mol. The lowest BCUT2D eigenvalue weighted by molar-refractivity contribution is 0.383. The van der Waals surface area contributed by atoms with Gasteiger partial charge in [0.2, 0.25) is 0 Å². The summed E-state index contributed by atoms with van der Waals surface area (Å²) in [5.74, 6) is 0. The lowest BCUT2D eigenvalue weighted by atomic mass is 9.87. The van der Waals surface area contributed by atoms with Gasteiger partial charge >= 0.3 is 0 Å². The summed E-state index contributed by atoms with van der Waals surface area (Å²) in [5, 5.41) is 7.14. The standard InChI is InChI=1S/C17H28N2/c1-17(2,3)15-9-7-14(8-10-15)12-18-13-16-6-4-5-11-19-16/h7-10,16,18-19H,4-6,11-13H2,1-3H3. The summed E-state index contributed by atoms with van der Waals surface area (Å²) in [6, 6.07) is 9.69. The normalized spacial score (nSPS) is 20.5. The molecule has 2 rings (SSSR count). The molecule has 1 unspecified atom stereocenters. The topological polar surface area (TPSA) is 24.1 Å². The summed E-state index contributed by atoms with van der Waals surface area (Å²) >= 11 is 0. The van der Waals surface area contributed by atoms with Crippen molar-refractivity contribution in [3.8, 4) is 0 Å². The van der Waals surface area contributed by atoms with Crippen molar-refractivity contribution >= 4 is 0 Å². The van der Waals surface area contributed by atoms with E-state index in [9.17, 15) is 0 Å². The van der Waals surface area contributed by atoms with Crippen molar-refractivity contribution in [2.45, 2.75) is 58.0 Å². The van der Waals surface area contributed by atoms with Gasteiger partial charge in [0, 0.05) is 19.1 Å². The van der Waals surface area contributed by atoms with Crippen LogP contribution in [-0.2, 0) is 12.0 Å². The SMILES string of the molecule is CC(C)(C)c1ccc(CNCC2CCCCN2)cc1. The van der Waals surface area contributed by atoms with Gasteiger partial charge in [-0.15, -0.1) is 0 Å². The van der Waals surface area contributed by atoms with Gasteiger partial charge in [0.05, 0.1) is 0 Å². The lowest BCUT2D eigenvalue weighted by Gasteiger charge is -2.24. The third kappa shape index (κ3) is 4.63. The Balaban J connectivity index is 1.76. The Morgan fingerprint density at radius 1 is 1.16 bits per heavy atom. The molecule has 1 aliphatic heterocycles. The highest BCUT2D eigenvalue weighted by molar-refractivity contribution is 5.27. The Bertz CT molecular complexity index is 369. The fourth-order valence-electron chi connectivity index (χ4n) is 2.61. The van der Waals surface area contributed by atoms with Crippen LogP contribution in [0.15, 0.2) is 24.3 Å². The van der Waals surface area contributed by atoms with E-state index in [0.29, 0.717) is 6.04 Å². The van der Waals surface area contributed by atoms with E-state index in [2.05, 4.69) is 55.7 Å². The molecule has 2 nitrogen and oxygen atoms in total. The predicted molar refractivity (Wildman–Crippen MR) is 82.5 cm³/mol. The van der Waals surface area contributed by atoms with Crippen LogP contribution in [0.25, 0.3) is 0 Å². The number of hydrogen-bond donors (Lipinski definition) is 2. The molecule has 0 saturated carbocycles. The highest BCUT2D eigenvalue weighted by Crippen LogP contribution is 2.22. The summed E-state index contributed by atoms with van der Waals surface area (Å²) in [5.41, 5.74) is 3.03. The molecular formula is C17H28N2. The summed E-state index contributed by atoms with van der Waals surface area (Å²) in [7, 11) is 0. The molecule has 2 N–H and O–H groups in total. The minimum absolute atomic E-state index is 0.248. The fraction of sp³-hybridized carbons (Fsp3) is 0.647. The Morgan fingerprint density at radius 3 is 2.47 bits per heavy atom. The van der Waals surface area contributed by atoms with Crippen molar-refractivity contribution in [2.75, 3.05) is 13.1 Å². The molecule has 1 aromatic rings. The first-order chi connectivity index (χ1) is 9.05. The predicted octanol–water partition coefficient (Wildman–Crippen LogP) is 3.22. The first-order valence-electron chi connectivity index (χ1n) is 7.59. The second-order valence-electron chi connectivity index (χ2n) is 6.72. The van der Waals surface area contributed by atoms with Gasteiger partial charge in [-0.25, -0.2) is 0 Å². The third-order valence-electron chi connectivity index (χ3n) is 3.95. The van der Waals surface area contributed by atoms with Gasteiger partial charge in [-0.05, 0) is 35.9 Å². The first kappa shape index (κ1) is 14.5. The Kier molecular flexibility index (Phi) is 5.00. The minimum atomic E-state index is 0.248. The number of benzene rings is 1. The second kappa shape index (κ2) is 6.53. The summed E-state index contributed by atoms with van der Waals surface area (Å²) in [6.45, 7) is 10.0. The Labute approximate surface area is 118 Å². The maximum atomic E-state index is 3.57. The van der Waals surface area contributed by atoms with Gasteiger partial charge in [0.1, 0.15) is 0 Å². The summed E-state index contributed by atoms with van der Waals surface area (Å²) < 4.78 is 0. The van der Waals surface area contributed by atoms with Crippen LogP contribution >= 0.6 is 0 Å². The smallest absolute Gasteiger partial charge is 0.0206 e. The molecule has 1 fully saturated rings. The van der Waals surface area contributed by atoms with Gasteiger partial charge in [-0.2, -0.15) is 0 Å². The van der Waals surface area contributed by atoms with Crippen molar-refractivity contribution in [3.05, 3.63) is 35.4 Å². The zero-order valence-corrected chi connectivity index (χ0v) is 12.6. The van der Waals surface area contributed by atoms with Gasteiger partial charge in [0.25, 0.3) is 0 Å². The molecule has 1 aromatic carbocycles. The first-order valence-corrected chi connectivity index (χ1v) is 7.59. The van der Waals surface area contributed by atoms with Crippen molar-refractivity contribution in [3.63, 3.8) is 0 Å². The van der Waals surface area contributed by atoms with E-state index in [4.69, 9.17) is 0 Å². The Hall–Kier alpha value is -0.860. The van der Waals surface area contributed by atoms with Crippen LogP contribution < -0.4 is 10.6 Å². The van der Waals surface area contributed by atoms with E-state index in [1.165, 1.54) is 36.9 Å². The zero-order valence-electron chi connectivity index (χ0n) is 12.6. The Morgan fingerprint density at radius 2 is 1.89 bits per heavy atom. The minimum Gasteiger partial charge on any atom is -0.313 e. The molecule has 0 aliphatic carbocycles. The van der Waals surface area contributed by atoms with Gasteiger partial charge in [-0.1, -0.05) is 51.5 Å². The van der Waals surface area contributed by atoms with Crippen LogP contribution in [0, 0.1) is 0 Å². The van der Waals surface area contributed by atoms with E-state index in [1.54, 1.807) is 0 Å². The molecule has 106 valence electrons. The highest BCUT2D eigenvalue weighted by Gasteiger charge is 2.13. The molecule has 1 atom stereocenters. The molecular weight excluding hydrogens is 232 g/mol. The number of piperidine rings is 1. The molecule has 0 spiro atoms. The van der Waals surface area contributed by atoms with E-state index in [0.717, 1.165) is 13.1 Å². The summed E-state index contributed by atoms with van der Waals surface area (Å²) in [6.07, 6.45) is 4.03. The van der Waals surface area contributed by atoms with Gasteiger partial charge in [0.15, 0.2) is 0 Å². The maximum absolute atomic E-state index is 3.57. The zero-order chi connectivity index (χ0) is 13.7. The molecule has 0 radical (unpaired) electrons. The second-order valence-corrected chi connectivity index (χ2v) is 6.72. The molecule has 0 aromatic heterocycles. The molecule has 19 heavy (non-hydrogen) atoms. The van der Waals surface area contributed by atoms with Gasteiger partial charge in [-0.3, -0.25) is 0 Å². The van der Waals surface area contributed by atoms with Crippen molar-refractivity contribution in [2.24, 2.45) is 0 Å². The van der Waals surface area contributed by atoms with Crippen LogP contribution in [0.5, 0.6) is 0 Å². The lowest BCUT2D eigenvalue weighted by Crippen LogP contribution is -2.41. The highest BCUT2D eigenvalue weighted by atomic mass is 15.0. The number of nitrogens with one attached hydrogen (secondary N) is 2. The average Bonchev–Trinajstić information content (AvgIpc) is 2.39. The van der Waals surface area contributed by atoms with Crippen molar-refractivity contribution < 1.29 is 0 Å². The van der Waals surface area contributed by atoms with Gasteiger partial charge < -0.3 is 10.6 Å². The maximum Gasteiger partial charge on any atom is 0.0206 e. The number of rotatable bonds is 4. The van der Waals surface area contributed by atoms with Crippen LogP contribution in [0.3, 0.4) is 0 Å². The number of hydrogen-bond acceptors (Lipinski definition) is 2. The van der Waals surface area contributed by atoms with Crippen LogP contribution in [0.1, 0.15) is 51.2 Å².